The Morgan fingerprint density at radius 2 is 1.70 bits per heavy atom. The molecular weight excluding hydrogens is 351 g/mol. The number of phenolic OH excluding ortho intramolecular Hbond substituents is 1. The second-order valence-corrected chi connectivity index (χ2v) is 10.4. The van der Waals surface area contributed by atoms with Crippen molar-refractivity contribution in [1.82, 2.24) is 0 Å². The Kier molecular flexibility index (Phi) is 6.77. The van der Waals surface area contributed by atoms with E-state index in [2.05, 4.69) is 65.0 Å². The van der Waals surface area contributed by atoms with Gasteiger partial charge in [0.2, 0.25) is 0 Å². The Hall–Kier alpha value is -1.37. The van der Waals surface area contributed by atoms with Crippen LogP contribution in [-0.2, 0) is 10.8 Å². The highest BCUT2D eigenvalue weighted by molar-refractivity contribution is 7.48. The lowest BCUT2D eigenvalue weighted by Gasteiger charge is -2.33. The van der Waals surface area contributed by atoms with Crippen LogP contribution >= 0.6 is 8.58 Å². The first-order chi connectivity index (χ1) is 12.5. The van der Waals surface area contributed by atoms with Crippen LogP contribution in [0.2, 0.25) is 0 Å². The monoisotopic (exact) mass is 386 g/mol. The summed E-state index contributed by atoms with van der Waals surface area (Å²) in [6.45, 7) is 14.5. The maximum atomic E-state index is 11.1. The number of phenols is 1. The quantitative estimate of drug-likeness (QED) is 0.567. The molecule has 148 valence electrons. The lowest BCUT2D eigenvalue weighted by molar-refractivity contribution is 0.0796. The summed E-state index contributed by atoms with van der Waals surface area (Å²) in [5.74, 6) is 0.779. The van der Waals surface area contributed by atoms with Gasteiger partial charge in [0.1, 0.15) is 5.75 Å². The van der Waals surface area contributed by atoms with Crippen molar-refractivity contribution in [3.63, 3.8) is 0 Å². The SMILES string of the molecule is CCC(C)c1cccc(C(C)(CC)Pc2ccc(C)cc2C(C)(C)O)c1O. The number of aromatic hydroxyl groups is 1. The Morgan fingerprint density at radius 1 is 1.04 bits per heavy atom. The second-order valence-electron chi connectivity index (χ2n) is 8.47. The smallest absolute Gasteiger partial charge is 0.123 e. The summed E-state index contributed by atoms with van der Waals surface area (Å²) in [6, 6.07) is 12.5. The van der Waals surface area contributed by atoms with Gasteiger partial charge in [-0.2, -0.15) is 0 Å². The lowest BCUT2D eigenvalue weighted by Crippen LogP contribution is -2.27. The van der Waals surface area contributed by atoms with Gasteiger partial charge in [-0.25, -0.2) is 0 Å². The van der Waals surface area contributed by atoms with Crippen molar-refractivity contribution in [3.05, 3.63) is 58.7 Å². The van der Waals surface area contributed by atoms with E-state index < -0.39 is 5.60 Å². The molecule has 0 fully saturated rings. The number of aryl methyl sites for hydroxylation is 1. The van der Waals surface area contributed by atoms with E-state index in [0.29, 0.717) is 20.2 Å². The number of rotatable bonds is 7. The van der Waals surface area contributed by atoms with Gasteiger partial charge >= 0.3 is 0 Å². The van der Waals surface area contributed by atoms with Crippen LogP contribution in [0.15, 0.2) is 36.4 Å². The van der Waals surface area contributed by atoms with Crippen molar-refractivity contribution in [1.29, 1.82) is 0 Å². The molecule has 0 aromatic heterocycles. The number of hydrogen-bond acceptors (Lipinski definition) is 2. The minimum atomic E-state index is -0.885. The molecule has 0 saturated heterocycles. The highest BCUT2D eigenvalue weighted by Gasteiger charge is 2.32. The molecular formula is C24H35O2P. The topological polar surface area (TPSA) is 40.5 Å². The molecule has 0 aliphatic heterocycles. The first-order valence-electron chi connectivity index (χ1n) is 9.97. The largest absolute Gasteiger partial charge is 0.507 e. The average molecular weight is 387 g/mol. The highest BCUT2D eigenvalue weighted by Crippen LogP contribution is 2.49. The first-order valence-corrected chi connectivity index (χ1v) is 11.0. The zero-order valence-electron chi connectivity index (χ0n) is 17.9. The molecule has 27 heavy (non-hydrogen) atoms. The van der Waals surface area contributed by atoms with Gasteiger partial charge in [-0.05, 0) is 56.0 Å². The van der Waals surface area contributed by atoms with Gasteiger partial charge in [0.15, 0.2) is 0 Å². The van der Waals surface area contributed by atoms with Gasteiger partial charge in [-0.3, -0.25) is 0 Å². The summed E-state index contributed by atoms with van der Waals surface area (Å²) < 4.78 is 0. The maximum absolute atomic E-state index is 11.1. The van der Waals surface area contributed by atoms with Crippen LogP contribution in [0.5, 0.6) is 5.75 Å². The van der Waals surface area contributed by atoms with Crippen molar-refractivity contribution in [2.45, 2.75) is 78.0 Å². The van der Waals surface area contributed by atoms with Crippen LogP contribution in [-0.4, -0.2) is 10.2 Å². The van der Waals surface area contributed by atoms with Crippen LogP contribution in [0.4, 0.5) is 0 Å². The summed E-state index contributed by atoms with van der Waals surface area (Å²) in [5, 5.41) is 22.8. The molecule has 0 aliphatic carbocycles. The Labute approximate surface area is 166 Å². The molecule has 0 saturated carbocycles. The molecule has 0 heterocycles. The summed E-state index contributed by atoms with van der Waals surface area (Å²) in [4.78, 5) is 0. The molecule has 2 nitrogen and oxygen atoms in total. The maximum Gasteiger partial charge on any atom is 0.123 e. The van der Waals surface area contributed by atoms with E-state index in [1.54, 1.807) is 0 Å². The van der Waals surface area contributed by atoms with E-state index in [4.69, 9.17) is 0 Å². The predicted octanol–water partition coefficient (Wildman–Crippen LogP) is 6.07. The fourth-order valence-corrected chi connectivity index (χ4v) is 5.33. The molecule has 3 atom stereocenters. The molecule has 2 aromatic carbocycles. The Bertz CT molecular complexity index is 791. The number of para-hydroxylation sites is 1. The van der Waals surface area contributed by atoms with Gasteiger partial charge < -0.3 is 10.2 Å². The van der Waals surface area contributed by atoms with Crippen LogP contribution < -0.4 is 5.30 Å². The first kappa shape index (κ1) is 21.9. The lowest BCUT2D eigenvalue weighted by atomic mass is 9.89. The van der Waals surface area contributed by atoms with Crippen LogP contribution in [0.1, 0.15) is 82.6 Å². The minimum Gasteiger partial charge on any atom is -0.507 e. The van der Waals surface area contributed by atoms with E-state index in [1.807, 2.05) is 19.9 Å². The fourth-order valence-electron chi connectivity index (χ4n) is 3.54. The average Bonchev–Trinajstić information content (AvgIpc) is 2.61. The van der Waals surface area contributed by atoms with E-state index in [9.17, 15) is 10.2 Å². The van der Waals surface area contributed by atoms with E-state index >= 15 is 0 Å². The third-order valence-corrected chi connectivity index (χ3v) is 7.64. The van der Waals surface area contributed by atoms with Gasteiger partial charge in [-0.1, -0.05) is 78.2 Å². The molecule has 0 aliphatic rings. The molecule has 3 unspecified atom stereocenters. The summed E-state index contributed by atoms with van der Waals surface area (Å²) in [5.41, 5.74) is 3.30. The normalized spacial score (nSPS) is 15.9. The third kappa shape index (κ3) is 4.73. The van der Waals surface area contributed by atoms with E-state index in [-0.39, 0.29) is 5.16 Å². The molecule has 0 spiro atoms. The number of hydrogen-bond donors (Lipinski definition) is 2. The molecule has 0 radical (unpaired) electrons. The van der Waals surface area contributed by atoms with Crippen LogP contribution in [0, 0.1) is 6.92 Å². The summed E-state index contributed by atoms with van der Waals surface area (Å²) in [7, 11) is 0.462. The van der Waals surface area contributed by atoms with Crippen LogP contribution in [0.25, 0.3) is 0 Å². The van der Waals surface area contributed by atoms with Crippen molar-refractivity contribution in [2.75, 3.05) is 0 Å². The molecule has 2 aromatic rings. The minimum absolute atomic E-state index is 0.178. The van der Waals surface area contributed by atoms with Crippen LogP contribution in [0.3, 0.4) is 0 Å². The molecule has 0 amide bonds. The van der Waals surface area contributed by atoms with Gasteiger partial charge in [0.25, 0.3) is 0 Å². The fraction of sp³-hybridized carbons (Fsp3) is 0.500. The van der Waals surface area contributed by atoms with Crippen molar-refractivity contribution in [3.8, 4) is 5.75 Å². The highest BCUT2D eigenvalue weighted by atomic mass is 31.1. The van der Waals surface area contributed by atoms with Crippen molar-refractivity contribution in [2.24, 2.45) is 0 Å². The van der Waals surface area contributed by atoms with Gasteiger partial charge in [0, 0.05) is 10.7 Å². The standard InChI is InChI=1S/C24H35O2P/c1-8-17(4)18-11-10-12-19(22(18)25)24(7,9-2)27-21-14-13-16(3)15-20(21)23(5,6)26/h10-15,17,25-27H,8-9H2,1-7H3. The third-order valence-electron chi connectivity index (χ3n) is 5.76. The predicted molar refractivity (Wildman–Crippen MR) is 119 cm³/mol. The van der Waals surface area contributed by atoms with E-state index in [0.717, 1.165) is 35.1 Å². The zero-order valence-corrected chi connectivity index (χ0v) is 18.9. The summed E-state index contributed by atoms with van der Waals surface area (Å²) >= 11 is 0. The zero-order chi connectivity index (χ0) is 20.4. The van der Waals surface area contributed by atoms with Gasteiger partial charge in [0.05, 0.1) is 5.60 Å². The molecule has 2 N–H and O–H groups in total. The van der Waals surface area contributed by atoms with Crippen molar-refractivity contribution < 1.29 is 10.2 Å². The molecule has 0 bridgehead atoms. The number of benzene rings is 2. The molecule has 3 heteroatoms. The van der Waals surface area contributed by atoms with Crippen molar-refractivity contribution >= 4 is 13.9 Å². The Balaban J connectivity index is 2.55. The van der Waals surface area contributed by atoms with E-state index in [1.165, 1.54) is 5.30 Å². The second kappa shape index (κ2) is 8.33. The van der Waals surface area contributed by atoms with Gasteiger partial charge in [-0.15, -0.1) is 0 Å². The number of aliphatic hydroxyl groups is 1. The Morgan fingerprint density at radius 3 is 2.26 bits per heavy atom. The summed E-state index contributed by atoms with van der Waals surface area (Å²) in [6.07, 6.45) is 1.92. The molecule has 2 rings (SSSR count).